The highest BCUT2D eigenvalue weighted by Crippen LogP contribution is 2.49. The molecule has 3 aliphatic rings. The van der Waals surface area contributed by atoms with E-state index in [1.54, 1.807) is 31.2 Å². The molecule has 0 aromatic heterocycles. The van der Waals surface area contributed by atoms with Crippen LogP contribution in [-0.4, -0.2) is 17.9 Å². The minimum atomic E-state index is -0.775. The molecule has 5 heteroatoms. The fourth-order valence-corrected chi connectivity index (χ4v) is 4.74. The molecule has 0 N–H and O–H groups in total. The van der Waals surface area contributed by atoms with Crippen LogP contribution in [-0.2, 0) is 20.7 Å². The number of fused-ring (bicyclic) bond motifs is 3. The summed E-state index contributed by atoms with van der Waals surface area (Å²) in [6.45, 7) is 1.68. The second kappa shape index (κ2) is 6.69. The molecule has 2 aliphatic carbocycles. The van der Waals surface area contributed by atoms with E-state index in [1.807, 2.05) is 12.1 Å². The van der Waals surface area contributed by atoms with Gasteiger partial charge in [0.2, 0.25) is 0 Å². The number of carbonyl (C=O) groups excluding carboxylic acids is 2. The number of ketones is 1. The fourth-order valence-electron chi connectivity index (χ4n) is 4.74. The Balaban J connectivity index is 1.43. The van der Waals surface area contributed by atoms with Crippen molar-refractivity contribution in [1.82, 2.24) is 0 Å². The SMILES string of the molecule is CC1=CC(O/C=C2/C(=O)CC3c4ccccc4CC23)N(c2ccccc2F)C1=O. The molecular weight excluding hydrogens is 369 g/mol. The summed E-state index contributed by atoms with van der Waals surface area (Å²) in [5, 5.41) is 0. The molecule has 29 heavy (non-hydrogen) atoms. The number of halogens is 1. The Bertz CT molecular complexity index is 1090. The number of amides is 1. The molecule has 0 radical (unpaired) electrons. The summed E-state index contributed by atoms with van der Waals surface area (Å²) in [6.07, 6.45) is 3.68. The topological polar surface area (TPSA) is 46.6 Å². The van der Waals surface area contributed by atoms with Gasteiger partial charge in [0.05, 0.1) is 11.9 Å². The Morgan fingerprint density at radius 1 is 1.03 bits per heavy atom. The third-order valence-electron chi connectivity index (χ3n) is 6.16. The molecule has 2 aromatic carbocycles. The maximum Gasteiger partial charge on any atom is 0.257 e. The number of para-hydroxylation sites is 1. The third kappa shape index (κ3) is 2.80. The van der Waals surface area contributed by atoms with Crippen molar-refractivity contribution in [2.45, 2.75) is 31.9 Å². The minimum absolute atomic E-state index is 0.0805. The second-order valence-electron chi connectivity index (χ2n) is 7.82. The maximum absolute atomic E-state index is 14.3. The predicted octanol–water partition coefficient (Wildman–Crippen LogP) is 4.27. The van der Waals surface area contributed by atoms with Crippen molar-refractivity contribution >= 4 is 17.4 Å². The molecule has 1 heterocycles. The Labute approximate surface area is 168 Å². The van der Waals surface area contributed by atoms with E-state index in [1.165, 1.54) is 28.4 Å². The lowest BCUT2D eigenvalue weighted by molar-refractivity contribution is -0.115. The zero-order valence-electron chi connectivity index (χ0n) is 16.0. The van der Waals surface area contributed by atoms with E-state index in [4.69, 9.17) is 4.74 Å². The number of hydrogen-bond acceptors (Lipinski definition) is 3. The Kier molecular flexibility index (Phi) is 4.12. The number of hydrogen-bond donors (Lipinski definition) is 0. The van der Waals surface area contributed by atoms with Gasteiger partial charge in [-0.2, -0.15) is 0 Å². The number of anilines is 1. The van der Waals surface area contributed by atoms with Crippen molar-refractivity contribution in [3.05, 3.63) is 89.0 Å². The molecule has 0 bridgehead atoms. The number of ether oxygens (including phenoxy) is 1. The molecule has 4 nitrogen and oxygen atoms in total. The molecule has 1 saturated carbocycles. The fraction of sp³-hybridized carbons (Fsp3) is 0.250. The number of carbonyl (C=O) groups is 2. The van der Waals surface area contributed by atoms with Crippen molar-refractivity contribution in [3.8, 4) is 0 Å². The predicted molar refractivity (Wildman–Crippen MR) is 107 cm³/mol. The van der Waals surface area contributed by atoms with E-state index >= 15 is 0 Å². The zero-order valence-corrected chi connectivity index (χ0v) is 16.0. The molecule has 1 amide bonds. The van der Waals surface area contributed by atoms with Gasteiger partial charge in [-0.25, -0.2) is 4.39 Å². The van der Waals surface area contributed by atoms with E-state index in [-0.39, 0.29) is 29.2 Å². The van der Waals surface area contributed by atoms with Crippen LogP contribution in [0.15, 0.2) is 72.0 Å². The highest BCUT2D eigenvalue weighted by Gasteiger charge is 2.44. The summed E-state index contributed by atoms with van der Waals surface area (Å²) in [7, 11) is 0. The first kappa shape index (κ1) is 17.9. The van der Waals surface area contributed by atoms with Gasteiger partial charge < -0.3 is 4.74 Å². The first-order valence-corrected chi connectivity index (χ1v) is 9.77. The summed E-state index contributed by atoms with van der Waals surface area (Å²) in [5.74, 6) is -0.421. The highest BCUT2D eigenvalue weighted by atomic mass is 19.1. The van der Waals surface area contributed by atoms with Crippen LogP contribution in [0.25, 0.3) is 0 Å². The average Bonchev–Trinajstić information content (AvgIpc) is 3.31. The lowest BCUT2D eigenvalue weighted by Gasteiger charge is -2.25. The van der Waals surface area contributed by atoms with Gasteiger partial charge in [-0.05, 0) is 48.6 Å². The van der Waals surface area contributed by atoms with Gasteiger partial charge in [0, 0.05) is 23.5 Å². The van der Waals surface area contributed by atoms with Crippen molar-refractivity contribution in [2.24, 2.45) is 5.92 Å². The number of Topliss-reactive ketones (excluding diaryl/α,β-unsaturated/α-hetero) is 1. The van der Waals surface area contributed by atoms with Crippen molar-refractivity contribution in [2.75, 3.05) is 4.90 Å². The highest BCUT2D eigenvalue weighted by molar-refractivity contribution is 6.08. The minimum Gasteiger partial charge on any atom is -0.474 e. The van der Waals surface area contributed by atoms with Crippen LogP contribution >= 0.6 is 0 Å². The summed E-state index contributed by atoms with van der Waals surface area (Å²) in [4.78, 5) is 26.5. The Morgan fingerprint density at radius 3 is 2.62 bits per heavy atom. The smallest absolute Gasteiger partial charge is 0.257 e. The van der Waals surface area contributed by atoms with Gasteiger partial charge in [-0.1, -0.05) is 36.4 Å². The van der Waals surface area contributed by atoms with E-state index < -0.39 is 12.0 Å². The molecule has 0 saturated heterocycles. The Hall–Kier alpha value is -3.21. The molecule has 0 spiro atoms. The third-order valence-corrected chi connectivity index (χ3v) is 6.16. The lowest BCUT2D eigenvalue weighted by atomic mass is 9.95. The molecule has 2 aromatic rings. The first-order chi connectivity index (χ1) is 14.0. The van der Waals surface area contributed by atoms with Gasteiger partial charge in [0.25, 0.3) is 5.91 Å². The zero-order chi connectivity index (χ0) is 20.1. The number of nitrogens with zero attached hydrogens (tertiary/aromatic N) is 1. The van der Waals surface area contributed by atoms with Gasteiger partial charge >= 0.3 is 0 Å². The summed E-state index contributed by atoms with van der Waals surface area (Å²) >= 11 is 0. The summed E-state index contributed by atoms with van der Waals surface area (Å²) < 4.78 is 20.2. The average molecular weight is 389 g/mol. The van der Waals surface area contributed by atoms with Crippen LogP contribution in [0.1, 0.15) is 30.4 Å². The quantitative estimate of drug-likeness (QED) is 0.582. The van der Waals surface area contributed by atoms with Gasteiger partial charge in [0.15, 0.2) is 12.0 Å². The van der Waals surface area contributed by atoms with Crippen LogP contribution in [0.3, 0.4) is 0 Å². The largest absolute Gasteiger partial charge is 0.474 e. The lowest BCUT2D eigenvalue weighted by Crippen LogP contribution is -2.36. The molecule has 1 fully saturated rings. The molecule has 5 rings (SSSR count). The first-order valence-electron chi connectivity index (χ1n) is 9.77. The van der Waals surface area contributed by atoms with Crippen molar-refractivity contribution < 1.29 is 18.7 Å². The van der Waals surface area contributed by atoms with Crippen molar-refractivity contribution in [3.63, 3.8) is 0 Å². The van der Waals surface area contributed by atoms with Crippen LogP contribution in [0, 0.1) is 11.7 Å². The van der Waals surface area contributed by atoms with E-state index in [0.717, 1.165) is 6.42 Å². The number of rotatable bonds is 3. The summed E-state index contributed by atoms with van der Waals surface area (Å²) in [6, 6.07) is 14.3. The maximum atomic E-state index is 14.3. The normalized spacial score (nSPS) is 26.7. The second-order valence-corrected chi connectivity index (χ2v) is 7.82. The molecule has 146 valence electrons. The standard InChI is InChI=1S/C24H20FNO3/c1-14-10-23(26(24(14)28)21-9-5-4-8-20(21)25)29-13-19-17-11-15-6-2-3-7-16(15)18(17)12-22(19)27/h2-10,13,17-18,23H,11-12H2,1H3/b19-13+. The summed E-state index contributed by atoms with van der Waals surface area (Å²) in [5.41, 5.74) is 3.83. The molecule has 1 aliphatic heterocycles. The van der Waals surface area contributed by atoms with Crippen LogP contribution < -0.4 is 4.90 Å². The number of benzene rings is 2. The van der Waals surface area contributed by atoms with Crippen LogP contribution in [0.2, 0.25) is 0 Å². The Morgan fingerprint density at radius 2 is 1.79 bits per heavy atom. The van der Waals surface area contributed by atoms with Gasteiger partial charge in [-0.15, -0.1) is 0 Å². The van der Waals surface area contributed by atoms with E-state index in [2.05, 4.69) is 12.1 Å². The molecule has 3 atom stereocenters. The van der Waals surface area contributed by atoms with E-state index in [9.17, 15) is 14.0 Å². The number of allylic oxidation sites excluding steroid dienone is 1. The van der Waals surface area contributed by atoms with E-state index in [0.29, 0.717) is 17.6 Å². The van der Waals surface area contributed by atoms with Gasteiger partial charge in [-0.3, -0.25) is 14.5 Å². The van der Waals surface area contributed by atoms with Crippen LogP contribution in [0.5, 0.6) is 0 Å². The monoisotopic (exact) mass is 389 g/mol. The molecular formula is C24H20FNO3. The van der Waals surface area contributed by atoms with Gasteiger partial charge in [0.1, 0.15) is 5.82 Å². The van der Waals surface area contributed by atoms with Crippen LogP contribution in [0.4, 0.5) is 10.1 Å². The van der Waals surface area contributed by atoms with Crippen molar-refractivity contribution in [1.29, 1.82) is 0 Å². The molecule has 3 unspecified atom stereocenters.